The van der Waals surface area contributed by atoms with E-state index in [0.717, 1.165) is 24.0 Å². The van der Waals surface area contributed by atoms with Gasteiger partial charge in [-0.3, -0.25) is 4.98 Å². The zero-order valence-corrected chi connectivity index (χ0v) is 20.7. The second-order valence-corrected chi connectivity index (χ2v) is 9.64. The highest BCUT2D eigenvalue weighted by Gasteiger charge is 2.11. The normalized spacial score (nSPS) is 11.3. The Labute approximate surface area is 212 Å². The summed E-state index contributed by atoms with van der Waals surface area (Å²) in [6.45, 7) is 0. The van der Waals surface area contributed by atoms with Crippen molar-refractivity contribution in [3.8, 4) is 5.69 Å². The van der Waals surface area contributed by atoms with Crippen LogP contribution in [0.4, 0.5) is 5.69 Å². The lowest BCUT2D eigenvalue weighted by atomic mass is 10.00. The zero-order chi connectivity index (χ0) is 24.5. The van der Waals surface area contributed by atoms with E-state index in [9.17, 15) is 0 Å². The maximum atomic E-state index is 4.39. The van der Waals surface area contributed by atoms with Gasteiger partial charge in [0.15, 0.2) is 0 Å². The molecule has 0 spiro atoms. The van der Waals surface area contributed by atoms with Gasteiger partial charge in [0, 0.05) is 42.4 Å². The van der Waals surface area contributed by atoms with Crippen molar-refractivity contribution in [2.45, 2.75) is 12.8 Å². The van der Waals surface area contributed by atoms with Gasteiger partial charge in [-0.05, 0) is 71.5 Å². The molecule has 4 aromatic carbocycles. The first-order valence-electron chi connectivity index (χ1n) is 12.4. The summed E-state index contributed by atoms with van der Waals surface area (Å²) >= 11 is 0. The first-order valence-corrected chi connectivity index (χ1v) is 12.4. The van der Waals surface area contributed by atoms with E-state index in [-0.39, 0.29) is 0 Å². The van der Waals surface area contributed by atoms with E-state index in [1.165, 1.54) is 44.2 Å². The number of hydrogen-bond acceptors (Lipinski definition) is 2. The monoisotopic (exact) mass is 467 g/mol. The van der Waals surface area contributed by atoms with Crippen molar-refractivity contribution in [1.29, 1.82) is 0 Å². The van der Waals surface area contributed by atoms with Gasteiger partial charge >= 0.3 is 0 Å². The molecule has 0 fully saturated rings. The van der Waals surface area contributed by atoms with E-state index in [0.29, 0.717) is 0 Å². The molecule has 6 rings (SSSR count). The van der Waals surface area contributed by atoms with E-state index in [1.807, 2.05) is 12.4 Å². The molecule has 0 saturated carbocycles. The Morgan fingerprint density at radius 2 is 1.11 bits per heavy atom. The molecule has 6 aromatic rings. The van der Waals surface area contributed by atoms with Crippen LogP contribution in [-0.2, 0) is 12.8 Å². The third kappa shape index (κ3) is 4.25. The molecular weight excluding hydrogens is 438 g/mol. The van der Waals surface area contributed by atoms with Crippen LogP contribution in [0.15, 0.2) is 116 Å². The number of rotatable bonds is 6. The third-order valence-corrected chi connectivity index (χ3v) is 6.96. The van der Waals surface area contributed by atoms with Crippen molar-refractivity contribution in [3.05, 3.63) is 138 Å². The van der Waals surface area contributed by atoms with Crippen molar-refractivity contribution < 1.29 is 0 Å². The van der Waals surface area contributed by atoms with E-state index in [4.69, 9.17) is 0 Å². The molecular formula is C33H29N3. The lowest BCUT2D eigenvalue weighted by molar-refractivity contribution is 1.11. The van der Waals surface area contributed by atoms with Gasteiger partial charge in [0.25, 0.3) is 0 Å². The smallest absolute Gasteiger partial charge is 0.0724 e. The molecule has 0 aliphatic rings. The molecule has 2 heterocycles. The number of hydrogen-bond donors (Lipinski definition) is 0. The highest BCUT2D eigenvalue weighted by molar-refractivity contribution is 6.08. The number of aromatic nitrogens is 2. The van der Waals surface area contributed by atoms with Crippen molar-refractivity contribution in [1.82, 2.24) is 9.55 Å². The van der Waals surface area contributed by atoms with Crippen LogP contribution >= 0.6 is 0 Å². The Balaban J connectivity index is 1.20. The van der Waals surface area contributed by atoms with Crippen molar-refractivity contribution in [3.63, 3.8) is 0 Å². The summed E-state index contributed by atoms with van der Waals surface area (Å²) in [7, 11) is 4.15. The molecule has 3 nitrogen and oxygen atoms in total. The van der Waals surface area contributed by atoms with Crippen molar-refractivity contribution >= 4 is 27.5 Å². The van der Waals surface area contributed by atoms with Gasteiger partial charge in [-0.1, -0.05) is 66.7 Å². The average Bonchev–Trinajstić information content (AvgIpc) is 3.25. The Hall–Kier alpha value is -4.37. The molecule has 0 N–H and O–H groups in total. The van der Waals surface area contributed by atoms with Crippen LogP contribution in [0.3, 0.4) is 0 Å². The molecule has 0 bridgehead atoms. The van der Waals surface area contributed by atoms with E-state index in [2.05, 4.69) is 132 Å². The number of nitrogens with zero attached hydrogens (tertiary/aromatic N) is 3. The summed E-state index contributed by atoms with van der Waals surface area (Å²) in [6.07, 6.45) is 5.71. The fourth-order valence-corrected chi connectivity index (χ4v) is 5.02. The maximum absolute atomic E-state index is 4.39. The van der Waals surface area contributed by atoms with Gasteiger partial charge in [-0.15, -0.1) is 0 Å². The van der Waals surface area contributed by atoms with Gasteiger partial charge in [-0.25, -0.2) is 0 Å². The number of fused-ring (bicyclic) bond motifs is 3. The van der Waals surface area contributed by atoms with Crippen LogP contribution in [0.5, 0.6) is 0 Å². The SMILES string of the molecule is CN(C)c1ccc(Cc2ccc(Cc3ccc(-n4c5ccccc5c5ccncc54)cc3)cc2)cc1. The topological polar surface area (TPSA) is 21.1 Å². The Bertz CT molecular complexity index is 1570. The van der Waals surface area contributed by atoms with Crippen molar-refractivity contribution in [2.75, 3.05) is 19.0 Å². The van der Waals surface area contributed by atoms with E-state index in [1.54, 1.807) is 0 Å². The van der Waals surface area contributed by atoms with Crippen LogP contribution in [0.2, 0.25) is 0 Å². The summed E-state index contributed by atoms with van der Waals surface area (Å²) in [5.74, 6) is 0. The molecule has 176 valence electrons. The first-order chi connectivity index (χ1) is 17.7. The highest BCUT2D eigenvalue weighted by atomic mass is 15.1. The van der Waals surface area contributed by atoms with Crippen LogP contribution in [-0.4, -0.2) is 23.6 Å². The summed E-state index contributed by atoms with van der Waals surface area (Å²) < 4.78 is 2.31. The molecule has 0 aliphatic carbocycles. The second-order valence-electron chi connectivity index (χ2n) is 9.64. The molecule has 3 heteroatoms. The number of benzene rings is 4. The van der Waals surface area contributed by atoms with Crippen LogP contribution in [0, 0.1) is 0 Å². The fraction of sp³-hybridized carbons (Fsp3) is 0.121. The number of para-hydroxylation sites is 1. The molecule has 0 atom stereocenters. The Morgan fingerprint density at radius 1 is 0.583 bits per heavy atom. The predicted molar refractivity (Wildman–Crippen MR) is 151 cm³/mol. The van der Waals surface area contributed by atoms with E-state index < -0.39 is 0 Å². The van der Waals surface area contributed by atoms with Crippen LogP contribution < -0.4 is 4.90 Å². The standard InChI is InChI=1S/C33H29N3/c1-35(2)28-15-11-26(12-16-28)21-24-7-9-25(10-8-24)22-27-13-17-29(18-14-27)36-32-6-4-3-5-30(32)31-19-20-34-23-33(31)36/h3-20,23H,21-22H2,1-2H3. The number of anilines is 1. The second kappa shape index (κ2) is 9.35. The minimum atomic E-state index is 0.923. The lowest BCUT2D eigenvalue weighted by Crippen LogP contribution is -2.08. The van der Waals surface area contributed by atoms with Crippen LogP contribution in [0.25, 0.3) is 27.5 Å². The third-order valence-electron chi connectivity index (χ3n) is 6.96. The summed E-state index contributed by atoms with van der Waals surface area (Å²) in [5.41, 5.74) is 10.1. The maximum Gasteiger partial charge on any atom is 0.0724 e. The molecule has 0 saturated heterocycles. The Morgan fingerprint density at radius 3 is 1.72 bits per heavy atom. The number of pyridine rings is 1. The molecule has 0 unspecified atom stereocenters. The molecule has 2 aromatic heterocycles. The van der Waals surface area contributed by atoms with E-state index >= 15 is 0 Å². The van der Waals surface area contributed by atoms with Gasteiger partial charge in [0.1, 0.15) is 0 Å². The first kappa shape index (κ1) is 22.1. The molecule has 36 heavy (non-hydrogen) atoms. The highest BCUT2D eigenvalue weighted by Crippen LogP contribution is 2.31. The quantitative estimate of drug-likeness (QED) is 0.254. The Kier molecular flexibility index (Phi) is 5.74. The summed E-state index contributed by atoms with van der Waals surface area (Å²) in [6, 6.07) is 37.4. The largest absolute Gasteiger partial charge is 0.378 e. The fourth-order valence-electron chi connectivity index (χ4n) is 5.02. The van der Waals surface area contributed by atoms with Gasteiger partial charge in [0.05, 0.1) is 17.2 Å². The zero-order valence-electron chi connectivity index (χ0n) is 20.7. The minimum absolute atomic E-state index is 0.923. The van der Waals surface area contributed by atoms with Gasteiger partial charge in [-0.2, -0.15) is 0 Å². The summed E-state index contributed by atoms with van der Waals surface area (Å²) in [4.78, 5) is 6.52. The summed E-state index contributed by atoms with van der Waals surface area (Å²) in [5, 5.41) is 2.49. The molecule has 0 radical (unpaired) electrons. The van der Waals surface area contributed by atoms with Gasteiger partial charge in [0.2, 0.25) is 0 Å². The minimum Gasteiger partial charge on any atom is -0.378 e. The molecule has 0 amide bonds. The van der Waals surface area contributed by atoms with Gasteiger partial charge < -0.3 is 9.47 Å². The predicted octanol–water partition coefficient (Wildman–Crippen LogP) is 7.43. The van der Waals surface area contributed by atoms with Crippen LogP contribution in [0.1, 0.15) is 22.3 Å². The lowest BCUT2D eigenvalue weighted by Gasteiger charge is -2.12. The van der Waals surface area contributed by atoms with Crippen molar-refractivity contribution in [2.24, 2.45) is 0 Å². The average molecular weight is 468 g/mol. The molecule has 0 aliphatic heterocycles.